The molecule has 0 amide bonds. The third-order valence-corrected chi connectivity index (χ3v) is 2.30. The van der Waals surface area contributed by atoms with E-state index in [9.17, 15) is 4.79 Å². The molecule has 1 aromatic heterocycles. The number of hydrogen-bond donors (Lipinski definition) is 2. The SMILES string of the molecule is CCNC(C)(CC(=O)O)c1ccccn1. The number of carbonyl (C=O) groups is 1. The highest BCUT2D eigenvalue weighted by Crippen LogP contribution is 2.22. The van der Waals surface area contributed by atoms with Gasteiger partial charge < -0.3 is 10.4 Å². The Balaban J connectivity index is 2.95. The second-order valence-electron chi connectivity index (χ2n) is 3.65. The molecule has 0 saturated carbocycles. The number of carboxylic acid groups (broad SMARTS) is 1. The molecule has 0 aliphatic carbocycles. The second-order valence-corrected chi connectivity index (χ2v) is 3.65. The van der Waals surface area contributed by atoms with Gasteiger partial charge in [-0.1, -0.05) is 13.0 Å². The van der Waals surface area contributed by atoms with Crippen LogP contribution in [0.3, 0.4) is 0 Å². The number of rotatable bonds is 5. The molecule has 0 aliphatic heterocycles. The van der Waals surface area contributed by atoms with Crippen molar-refractivity contribution in [2.75, 3.05) is 6.54 Å². The van der Waals surface area contributed by atoms with E-state index in [1.165, 1.54) is 0 Å². The fraction of sp³-hybridized carbons (Fsp3) is 0.455. The van der Waals surface area contributed by atoms with Crippen LogP contribution in [0.1, 0.15) is 26.0 Å². The van der Waals surface area contributed by atoms with E-state index in [4.69, 9.17) is 5.11 Å². The van der Waals surface area contributed by atoms with Crippen LogP contribution in [0.2, 0.25) is 0 Å². The summed E-state index contributed by atoms with van der Waals surface area (Å²) in [6.45, 7) is 4.51. The predicted molar refractivity (Wildman–Crippen MR) is 57.5 cm³/mol. The third-order valence-electron chi connectivity index (χ3n) is 2.30. The van der Waals surface area contributed by atoms with Crippen molar-refractivity contribution in [2.24, 2.45) is 0 Å². The summed E-state index contributed by atoms with van der Waals surface area (Å²) in [6, 6.07) is 5.52. The number of hydrogen-bond acceptors (Lipinski definition) is 3. The van der Waals surface area contributed by atoms with E-state index >= 15 is 0 Å². The maximum absolute atomic E-state index is 10.8. The van der Waals surface area contributed by atoms with Crippen molar-refractivity contribution >= 4 is 5.97 Å². The topological polar surface area (TPSA) is 62.2 Å². The molecule has 1 aromatic rings. The van der Waals surface area contributed by atoms with Crippen LogP contribution in [0, 0.1) is 0 Å². The van der Waals surface area contributed by atoms with Crippen LogP contribution in [0.25, 0.3) is 0 Å². The first-order valence-electron chi connectivity index (χ1n) is 4.97. The first kappa shape index (κ1) is 11.7. The zero-order valence-electron chi connectivity index (χ0n) is 9.03. The van der Waals surface area contributed by atoms with Crippen molar-refractivity contribution in [1.82, 2.24) is 10.3 Å². The van der Waals surface area contributed by atoms with Gasteiger partial charge in [0.2, 0.25) is 0 Å². The van der Waals surface area contributed by atoms with E-state index in [0.717, 1.165) is 5.69 Å². The van der Waals surface area contributed by atoms with Gasteiger partial charge in [0.15, 0.2) is 0 Å². The second kappa shape index (κ2) is 4.89. The normalized spacial score (nSPS) is 14.5. The van der Waals surface area contributed by atoms with Crippen molar-refractivity contribution in [3.63, 3.8) is 0 Å². The molecule has 82 valence electrons. The molecule has 15 heavy (non-hydrogen) atoms. The lowest BCUT2D eigenvalue weighted by Crippen LogP contribution is -2.42. The molecule has 4 heteroatoms. The average molecular weight is 208 g/mol. The van der Waals surface area contributed by atoms with Crippen LogP contribution >= 0.6 is 0 Å². The van der Waals surface area contributed by atoms with E-state index in [-0.39, 0.29) is 6.42 Å². The lowest BCUT2D eigenvalue weighted by molar-refractivity contribution is -0.138. The molecule has 0 fully saturated rings. The molecular weight excluding hydrogens is 192 g/mol. The first-order valence-corrected chi connectivity index (χ1v) is 4.97. The zero-order chi connectivity index (χ0) is 11.3. The summed E-state index contributed by atoms with van der Waals surface area (Å²) in [5.74, 6) is -0.830. The Hall–Kier alpha value is -1.42. The van der Waals surface area contributed by atoms with Crippen molar-refractivity contribution in [3.8, 4) is 0 Å². The van der Waals surface area contributed by atoms with Crippen LogP contribution in [0.4, 0.5) is 0 Å². The number of carboxylic acids is 1. The fourth-order valence-corrected chi connectivity index (χ4v) is 1.63. The minimum absolute atomic E-state index is 0.0256. The molecule has 0 radical (unpaired) electrons. The molecule has 0 saturated heterocycles. The molecule has 0 spiro atoms. The minimum atomic E-state index is -0.830. The van der Waals surface area contributed by atoms with E-state index in [0.29, 0.717) is 6.54 Å². The molecule has 1 unspecified atom stereocenters. The fourth-order valence-electron chi connectivity index (χ4n) is 1.63. The molecule has 1 heterocycles. The van der Waals surface area contributed by atoms with Gasteiger partial charge in [0.25, 0.3) is 0 Å². The van der Waals surface area contributed by atoms with Crippen molar-refractivity contribution in [2.45, 2.75) is 25.8 Å². The summed E-state index contributed by atoms with van der Waals surface area (Å²) >= 11 is 0. The highest BCUT2D eigenvalue weighted by atomic mass is 16.4. The zero-order valence-corrected chi connectivity index (χ0v) is 9.03. The van der Waals surface area contributed by atoms with Crippen LogP contribution in [-0.2, 0) is 10.3 Å². The maximum Gasteiger partial charge on any atom is 0.305 e. The van der Waals surface area contributed by atoms with Crippen LogP contribution in [-0.4, -0.2) is 22.6 Å². The standard InChI is InChI=1S/C11H16N2O2/c1-3-13-11(2,8-10(14)15)9-6-4-5-7-12-9/h4-7,13H,3,8H2,1-2H3,(H,14,15). The van der Waals surface area contributed by atoms with Gasteiger partial charge >= 0.3 is 5.97 Å². The number of aliphatic carboxylic acids is 1. The van der Waals surface area contributed by atoms with Gasteiger partial charge in [0.05, 0.1) is 17.7 Å². The number of pyridine rings is 1. The smallest absolute Gasteiger partial charge is 0.305 e. The van der Waals surface area contributed by atoms with Crippen molar-refractivity contribution < 1.29 is 9.90 Å². The Labute approximate surface area is 89.3 Å². The summed E-state index contributed by atoms with van der Waals surface area (Å²) in [7, 11) is 0. The number of nitrogens with zero attached hydrogens (tertiary/aromatic N) is 1. The maximum atomic E-state index is 10.8. The highest BCUT2D eigenvalue weighted by molar-refractivity contribution is 5.68. The Morgan fingerprint density at radius 1 is 1.60 bits per heavy atom. The van der Waals surface area contributed by atoms with Crippen molar-refractivity contribution in [3.05, 3.63) is 30.1 Å². The first-order chi connectivity index (χ1) is 7.08. The van der Waals surface area contributed by atoms with Gasteiger partial charge in [-0.25, -0.2) is 0 Å². The van der Waals surface area contributed by atoms with Gasteiger partial charge in [-0.2, -0.15) is 0 Å². The molecule has 1 rings (SSSR count). The third kappa shape index (κ3) is 3.02. The molecule has 1 atom stereocenters. The van der Waals surface area contributed by atoms with Crippen molar-refractivity contribution in [1.29, 1.82) is 0 Å². The summed E-state index contributed by atoms with van der Waals surface area (Å²) in [6.07, 6.45) is 1.70. The molecule has 4 nitrogen and oxygen atoms in total. The number of aromatic nitrogens is 1. The average Bonchev–Trinajstić information content (AvgIpc) is 2.18. The molecule has 0 bridgehead atoms. The van der Waals surface area contributed by atoms with Crippen LogP contribution in [0.15, 0.2) is 24.4 Å². The lowest BCUT2D eigenvalue weighted by Gasteiger charge is -2.28. The summed E-state index contributed by atoms with van der Waals surface area (Å²) in [4.78, 5) is 15.0. The summed E-state index contributed by atoms with van der Waals surface area (Å²) in [5.41, 5.74) is 0.163. The highest BCUT2D eigenvalue weighted by Gasteiger charge is 2.29. The van der Waals surface area contributed by atoms with Crippen LogP contribution in [0.5, 0.6) is 0 Å². The minimum Gasteiger partial charge on any atom is -0.481 e. The van der Waals surface area contributed by atoms with E-state index in [1.54, 1.807) is 6.20 Å². The van der Waals surface area contributed by atoms with E-state index in [1.807, 2.05) is 32.0 Å². The Bertz CT molecular complexity index is 327. The van der Waals surface area contributed by atoms with Gasteiger partial charge in [0, 0.05) is 6.20 Å². The number of nitrogens with one attached hydrogen (secondary N) is 1. The summed E-state index contributed by atoms with van der Waals surface area (Å²) < 4.78 is 0. The Morgan fingerprint density at radius 3 is 2.80 bits per heavy atom. The van der Waals surface area contributed by atoms with E-state index < -0.39 is 11.5 Å². The van der Waals surface area contributed by atoms with Gasteiger partial charge in [-0.3, -0.25) is 9.78 Å². The van der Waals surface area contributed by atoms with Gasteiger partial charge in [-0.05, 0) is 25.6 Å². The molecule has 0 aliphatic rings. The quantitative estimate of drug-likeness (QED) is 0.767. The molecular formula is C11H16N2O2. The Kier molecular flexibility index (Phi) is 3.80. The lowest BCUT2D eigenvalue weighted by atomic mass is 9.93. The Morgan fingerprint density at radius 2 is 2.33 bits per heavy atom. The predicted octanol–water partition coefficient (Wildman–Crippen LogP) is 1.38. The van der Waals surface area contributed by atoms with Crippen LogP contribution < -0.4 is 5.32 Å². The largest absolute Gasteiger partial charge is 0.481 e. The van der Waals surface area contributed by atoms with Gasteiger partial charge in [0.1, 0.15) is 0 Å². The van der Waals surface area contributed by atoms with E-state index in [2.05, 4.69) is 10.3 Å². The molecule has 2 N–H and O–H groups in total. The van der Waals surface area contributed by atoms with Gasteiger partial charge in [-0.15, -0.1) is 0 Å². The monoisotopic (exact) mass is 208 g/mol. The summed E-state index contributed by atoms with van der Waals surface area (Å²) in [5, 5.41) is 12.0. The molecule has 0 aromatic carbocycles.